The summed E-state index contributed by atoms with van der Waals surface area (Å²) in [7, 11) is 0. The Morgan fingerprint density at radius 3 is 2.12 bits per heavy atom. The number of hydrogen-bond donors (Lipinski definition) is 3. The van der Waals surface area contributed by atoms with Crippen molar-refractivity contribution in [2.75, 3.05) is 13.2 Å². The molecule has 0 radical (unpaired) electrons. The summed E-state index contributed by atoms with van der Waals surface area (Å²) < 4.78 is 5.27. The monoisotopic (exact) mass is 362 g/mol. The van der Waals surface area contributed by atoms with E-state index in [4.69, 9.17) is 15.6 Å². The molecule has 1 aliphatic rings. The first kappa shape index (κ1) is 18.8. The first-order valence-corrected chi connectivity index (χ1v) is 7.65. The van der Waals surface area contributed by atoms with Gasteiger partial charge >= 0.3 is 12.1 Å². The van der Waals surface area contributed by atoms with Gasteiger partial charge in [-0.3, -0.25) is 4.79 Å². The van der Waals surface area contributed by atoms with Crippen molar-refractivity contribution in [3.63, 3.8) is 0 Å². The van der Waals surface area contributed by atoms with E-state index in [0.29, 0.717) is 0 Å². The molecule has 7 heteroatoms. The van der Waals surface area contributed by atoms with Crippen LogP contribution in [-0.4, -0.2) is 36.4 Å². The third kappa shape index (κ3) is 3.92. The molecule has 3 rings (SSSR count). The predicted molar refractivity (Wildman–Crippen MR) is 95.9 cm³/mol. The fourth-order valence-corrected chi connectivity index (χ4v) is 2.93. The summed E-state index contributed by atoms with van der Waals surface area (Å²) in [6.07, 6.45) is -0.673. The second-order valence-electron chi connectivity index (χ2n) is 5.65. The smallest absolute Gasteiger partial charge is 0.407 e. The molecule has 25 heavy (non-hydrogen) atoms. The molecule has 0 aromatic heterocycles. The average molecular weight is 363 g/mol. The van der Waals surface area contributed by atoms with Crippen LogP contribution in [0.5, 0.6) is 0 Å². The lowest BCUT2D eigenvalue weighted by Gasteiger charge is -2.15. The van der Waals surface area contributed by atoms with E-state index in [2.05, 4.69) is 17.4 Å². The summed E-state index contributed by atoms with van der Waals surface area (Å²) >= 11 is 0. The fraction of sp³-hybridized carbons (Fsp3) is 0.222. The number of benzene rings is 2. The largest absolute Gasteiger partial charge is 0.480 e. The van der Waals surface area contributed by atoms with Gasteiger partial charge in [-0.15, -0.1) is 12.4 Å². The summed E-state index contributed by atoms with van der Waals surface area (Å²) in [6.45, 7) is 0.00811. The van der Waals surface area contributed by atoms with Crippen LogP contribution < -0.4 is 11.1 Å². The highest BCUT2D eigenvalue weighted by molar-refractivity contribution is 5.85. The van der Waals surface area contributed by atoms with Gasteiger partial charge in [-0.1, -0.05) is 48.5 Å². The number of nitrogens with one attached hydrogen (secondary N) is 1. The highest BCUT2D eigenvalue weighted by Crippen LogP contribution is 2.44. The van der Waals surface area contributed by atoms with Crippen LogP contribution in [0.2, 0.25) is 0 Å². The van der Waals surface area contributed by atoms with Crippen molar-refractivity contribution >= 4 is 24.5 Å². The number of rotatable bonds is 5. The number of ether oxygens (including phenoxy) is 1. The number of carboxylic acid groups (broad SMARTS) is 1. The van der Waals surface area contributed by atoms with Crippen LogP contribution in [0, 0.1) is 0 Å². The number of carbonyl (C=O) groups excluding carboxylic acids is 1. The number of aliphatic carboxylic acids is 1. The van der Waals surface area contributed by atoms with Gasteiger partial charge in [0.2, 0.25) is 0 Å². The van der Waals surface area contributed by atoms with Crippen LogP contribution in [0.25, 0.3) is 11.1 Å². The van der Waals surface area contributed by atoms with E-state index in [9.17, 15) is 9.59 Å². The maximum absolute atomic E-state index is 11.8. The van der Waals surface area contributed by atoms with Crippen molar-refractivity contribution in [3.8, 4) is 11.1 Å². The van der Waals surface area contributed by atoms with Crippen molar-refractivity contribution in [2.45, 2.75) is 12.0 Å². The fourth-order valence-electron chi connectivity index (χ4n) is 2.93. The number of hydrogen-bond acceptors (Lipinski definition) is 4. The van der Waals surface area contributed by atoms with Crippen molar-refractivity contribution in [3.05, 3.63) is 59.7 Å². The van der Waals surface area contributed by atoms with Crippen LogP contribution in [0.3, 0.4) is 0 Å². The second-order valence-corrected chi connectivity index (χ2v) is 5.65. The molecular weight excluding hydrogens is 344 g/mol. The highest BCUT2D eigenvalue weighted by Gasteiger charge is 2.29. The quantitative estimate of drug-likeness (QED) is 0.757. The number of halogens is 1. The van der Waals surface area contributed by atoms with Crippen molar-refractivity contribution < 1.29 is 19.4 Å². The molecule has 2 aromatic carbocycles. The van der Waals surface area contributed by atoms with Crippen molar-refractivity contribution in [1.29, 1.82) is 0 Å². The Balaban J connectivity index is 0.00000225. The molecule has 0 bridgehead atoms. The topological polar surface area (TPSA) is 102 Å². The molecule has 0 saturated heterocycles. The van der Waals surface area contributed by atoms with Gasteiger partial charge in [0, 0.05) is 12.5 Å². The molecule has 0 heterocycles. The summed E-state index contributed by atoms with van der Waals surface area (Å²) in [5, 5.41) is 11.1. The molecule has 1 atom stereocenters. The predicted octanol–water partition coefficient (Wildman–Crippen LogP) is 2.36. The van der Waals surface area contributed by atoms with E-state index in [1.807, 2.05) is 36.4 Å². The lowest BCUT2D eigenvalue weighted by Crippen LogP contribution is -2.42. The highest BCUT2D eigenvalue weighted by atomic mass is 35.5. The van der Waals surface area contributed by atoms with E-state index in [-0.39, 0.29) is 31.5 Å². The van der Waals surface area contributed by atoms with Crippen LogP contribution in [-0.2, 0) is 9.53 Å². The first-order valence-electron chi connectivity index (χ1n) is 7.65. The number of fused-ring (bicyclic) bond motifs is 3. The number of amides is 1. The van der Waals surface area contributed by atoms with E-state index in [1.165, 1.54) is 0 Å². The third-order valence-electron chi connectivity index (χ3n) is 4.13. The van der Waals surface area contributed by atoms with Gasteiger partial charge in [0.1, 0.15) is 12.6 Å². The summed E-state index contributed by atoms with van der Waals surface area (Å²) in [4.78, 5) is 22.4. The van der Waals surface area contributed by atoms with E-state index in [0.717, 1.165) is 22.3 Å². The maximum atomic E-state index is 11.8. The molecular formula is C18H19ClN2O4. The van der Waals surface area contributed by atoms with Crippen LogP contribution >= 0.6 is 12.4 Å². The third-order valence-corrected chi connectivity index (χ3v) is 4.13. The van der Waals surface area contributed by atoms with Crippen LogP contribution in [0.4, 0.5) is 4.79 Å². The Morgan fingerprint density at radius 2 is 1.60 bits per heavy atom. The van der Waals surface area contributed by atoms with Gasteiger partial charge in [0.15, 0.2) is 0 Å². The van der Waals surface area contributed by atoms with Crippen molar-refractivity contribution in [1.82, 2.24) is 5.32 Å². The molecule has 0 saturated carbocycles. The molecule has 0 fully saturated rings. The second kappa shape index (κ2) is 8.00. The first-order chi connectivity index (χ1) is 11.6. The molecule has 1 amide bonds. The van der Waals surface area contributed by atoms with Gasteiger partial charge in [0.05, 0.1) is 0 Å². The number of nitrogens with two attached hydrogens (primary N) is 1. The Hall–Kier alpha value is -2.57. The van der Waals surface area contributed by atoms with Gasteiger partial charge in [-0.2, -0.15) is 0 Å². The minimum Gasteiger partial charge on any atom is -0.480 e. The molecule has 0 spiro atoms. The molecule has 0 aliphatic heterocycles. The molecule has 4 N–H and O–H groups in total. The minimum atomic E-state index is -1.17. The zero-order valence-electron chi connectivity index (χ0n) is 13.3. The lowest BCUT2D eigenvalue weighted by atomic mass is 9.98. The summed E-state index contributed by atoms with van der Waals surface area (Å²) in [6, 6.07) is 14.9. The van der Waals surface area contributed by atoms with Crippen LogP contribution in [0.1, 0.15) is 17.0 Å². The van der Waals surface area contributed by atoms with Gasteiger partial charge in [-0.05, 0) is 22.3 Å². The van der Waals surface area contributed by atoms with E-state index >= 15 is 0 Å². The van der Waals surface area contributed by atoms with E-state index in [1.54, 1.807) is 0 Å². The average Bonchev–Trinajstić information content (AvgIpc) is 2.92. The lowest BCUT2D eigenvalue weighted by molar-refractivity contribution is -0.138. The molecule has 0 unspecified atom stereocenters. The van der Waals surface area contributed by atoms with Gasteiger partial charge in [0.25, 0.3) is 0 Å². The zero-order chi connectivity index (χ0) is 17.1. The van der Waals surface area contributed by atoms with Crippen LogP contribution in [0.15, 0.2) is 48.5 Å². The maximum Gasteiger partial charge on any atom is 0.407 e. The summed E-state index contributed by atoms with van der Waals surface area (Å²) in [5.74, 6) is -1.20. The molecule has 6 nitrogen and oxygen atoms in total. The van der Waals surface area contributed by atoms with Gasteiger partial charge < -0.3 is 20.9 Å². The van der Waals surface area contributed by atoms with Gasteiger partial charge in [-0.25, -0.2) is 4.79 Å². The minimum absolute atomic E-state index is 0. The Morgan fingerprint density at radius 1 is 1.08 bits per heavy atom. The van der Waals surface area contributed by atoms with Crippen molar-refractivity contribution in [2.24, 2.45) is 5.73 Å². The molecule has 132 valence electrons. The zero-order valence-corrected chi connectivity index (χ0v) is 14.2. The van der Waals surface area contributed by atoms with E-state index < -0.39 is 18.1 Å². The number of carboxylic acids is 1. The SMILES string of the molecule is Cl.N[C@@H](CNC(=O)OCC1c2ccccc2-c2ccccc21)C(=O)O. The summed E-state index contributed by atoms with van der Waals surface area (Å²) in [5.41, 5.74) is 9.87. The normalized spacial score (nSPS) is 13.2. The molecule has 1 aliphatic carbocycles. The number of alkyl carbamates (subject to hydrolysis) is 1. The Bertz CT molecular complexity index is 736. The standard InChI is InChI=1S/C18H18N2O4.ClH/c19-16(17(21)22)9-20-18(23)24-10-15-13-7-3-1-5-11(13)12-6-2-4-8-14(12)15;/h1-8,15-16H,9-10,19H2,(H,20,23)(H,21,22);1H/t16-;/m0./s1. The molecule has 2 aromatic rings. The Labute approximate surface area is 151 Å². The Kier molecular flexibility index (Phi) is 6.01. The number of carbonyl (C=O) groups is 2.